The van der Waals surface area contributed by atoms with Gasteiger partial charge in [-0.25, -0.2) is 4.98 Å². The molecule has 0 saturated heterocycles. The number of aromatic nitrogens is 2. The fourth-order valence-corrected chi connectivity index (χ4v) is 4.51. The number of methoxy groups -OCH3 is 1. The number of amides is 2. The van der Waals surface area contributed by atoms with E-state index in [0.29, 0.717) is 28.1 Å². The Kier molecular flexibility index (Phi) is 6.74. The van der Waals surface area contributed by atoms with Crippen LogP contribution in [0, 0.1) is 13.8 Å². The maximum Gasteiger partial charge on any atom is 0.262 e. The molecule has 0 aliphatic heterocycles. The average Bonchev–Trinajstić information content (AvgIpc) is 3.13. The lowest BCUT2D eigenvalue weighted by Gasteiger charge is -2.10. The average molecular weight is 477 g/mol. The molecule has 0 aliphatic carbocycles. The number of thiophene rings is 1. The summed E-state index contributed by atoms with van der Waals surface area (Å²) in [7, 11) is 1.54. The maximum atomic E-state index is 12.8. The van der Waals surface area contributed by atoms with E-state index in [2.05, 4.69) is 15.6 Å². The van der Waals surface area contributed by atoms with Crippen LogP contribution in [0.5, 0.6) is 5.75 Å². The number of anilines is 2. The van der Waals surface area contributed by atoms with Gasteiger partial charge in [0.1, 0.15) is 10.6 Å². The standard InChI is InChI=1S/C25H24N4O4S/c1-15-16(2)34-24-22(15)25(32)29(14-26-24)13-12-21(30)27-18-10-8-17(9-11-18)23(31)28-19-6-4-5-7-20(19)33-3/h4-11,14H,12-13H2,1-3H3,(H,27,30)(H,28,31). The Balaban J connectivity index is 1.36. The molecule has 0 spiro atoms. The molecule has 4 aromatic rings. The van der Waals surface area contributed by atoms with Crippen molar-refractivity contribution >= 4 is 44.7 Å². The SMILES string of the molecule is COc1ccccc1NC(=O)c1ccc(NC(=O)CCn2cnc3sc(C)c(C)c3c2=O)cc1. The largest absolute Gasteiger partial charge is 0.495 e. The van der Waals surface area contributed by atoms with Gasteiger partial charge in [0.25, 0.3) is 11.5 Å². The van der Waals surface area contributed by atoms with Crippen molar-refractivity contribution in [3.05, 3.63) is 81.2 Å². The van der Waals surface area contributed by atoms with Gasteiger partial charge in [-0.1, -0.05) is 12.1 Å². The Morgan fingerprint density at radius 3 is 2.53 bits per heavy atom. The van der Waals surface area contributed by atoms with Gasteiger partial charge in [-0.3, -0.25) is 19.0 Å². The van der Waals surface area contributed by atoms with E-state index in [1.165, 1.54) is 29.3 Å². The summed E-state index contributed by atoms with van der Waals surface area (Å²) in [4.78, 5) is 43.9. The highest BCUT2D eigenvalue weighted by atomic mass is 32.1. The summed E-state index contributed by atoms with van der Waals surface area (Å²) in [5, 5.41) is 6.22. The first-order valence-electron chi connectivity index (χ1n) is 10.7. The van der Waals surface area contributed by atoms with Gasteiger partial charge in [-0.05, 0) is 55.8 Å². The van der Waals surface area contributed by atoms with Crippen LogP contribution in [0.1, 0.15) is 27.2 Å². The highest BCUT2D eigenvalue weighted by molar-refractivity contribution is 7.18. The molecule has 0 radical (unpaired) electrons. The Morgan fingerprint density at radius 1 is 1.06 bits per heavy atom. The first kappa shape index (κ1) is 23.2. The van der Waals surface area contributed by atoms with Crippen LogP contribution in [0.2, 0.25) is 0 Å². The van der Waals surface area contributed by atoms with Crippen LogP contribution in [-0.4, -0.2) is 28.5 Å². The van der Waals surface area contributed by atoms with Crippen molar-refractivity contribution in [2.45, 2.75) is 26.8 Å². The fourth-order valence-electron chi connectivity index (χ4n) is 3.52. The van der Waals surface area contributed by atoms with Crippen LogP contribution in [0.3, 0.4) is 0 Å². The van der Waals surface area contributed by atoms with E-state index >= 15 is 0 Å². The van der Waals surface area contributed by atoms with Gasteiger partial charge < -0.3 is 15.4 Å². The molecule has 0 aliphatic rings. The molecule has 174 valence electrons. The van der Waals surface area contributed by atoms with Gasteiger partial charge in [0, 0.05) is 29.1 Å². The van der Waals surface area contributed by atoms with Gasteiger partial charge in [0.05, 0.1) is 24.5 Å². The zero-order valence-electron chi connectivity index (χ0n) is 19.0. The Bertz CT molecular complexity index is 1420. The van der Waals surface area contributed by atoms with E-state index in [1.807, 2.05) is 26.0 Å². The lowest BCUT2D eigenvalue weighted by molar-refractivity contribution is -0.116. The number of aryl methyl sites for hydroxylation is 3. The Hall–Kier alpha value is -3.98. The first-order valence-corrected chi connectivity index (χ1v) is 11.5. The van der Waals surface area contributed by atoms with Gasteiger partial charge in [0.2, 0.25) is 5.91 Å². The van der Waals surface area contributed by atoms with Crippen LogP contribution >= 0.6 is 11.3 Å². The minimum absolute atomic E-state index is 0.116. The highest BCUT2D eigenvalue weighted by Crippen LogP contribution is 2.26. The van der Waals surface area contributed by atoms with Crippen LogP contribution in [0.4, 0.5) is 11.4 Å². The van der Waals surface area contributed by atoms with E-state index in [4.69, 9.17) is 4.74 Å². The van der Waals surface area contributed by atoms with E-state index in [-0.39, 0.29) is 30.3 Å². The van der Waals surface area contributed by atoms with Gasteiger partial charge >= 0.3 is 0 Å². The lowest BCUT2D eigenvalue weighted by Crippen LogP contribution is -2.23. The third-order valence-electron chi connectivity index (χ3n) is 5.52. The second-order valence-electron chi connectivity index (χ2n) is 7.74. The molecule has 8 nitrogen and oxygen atoms in total. The molecule has 2 N–H and O–H groups in total. The van der Waals surface area contributed by atoms with Gasteiger partial charge in [0.15, 0.2) is 0 Å². The molecule has 2 aromatic carbocycles. The summed E-state index contributed by atoms with van der Waals surface area (Å²) in [6, 6.07) is 13.7. The summed E-state index contributed by atoms with van der Waals surface area (Å²) in [5.74, 6) is 0.0394. The van der Waals surface area contributed by atoms with Crippen molar-refractivity contribution in [2.24, 2.45) is 0 Å². The number of benzene rings is 2. The number of ether oxygens (including phenoxy) is 1. The number of para-hydroxylation sites is 2. The molecule has 9 heteroatoms. The molecule has 0 bridgehead atoms. The van der Waals surface area contributed by atoms with Gasteiger partial charge in [-0.15, -0.1) is 11.3 Å². The summed E-state index contributed by atoms with van der Waals surface area (Å²) >= 11 is 1.49. The van der Waals surface area contributed by atoms with E-state index < -0.39 is 0 Å². The summed E-state index contributed by atoms with van der Waals surface area (Å²) < 4.78 is 6.71. The number of carbonyl (C=O) groups excluding carboxylic acids is 2. The zero-order valence-corrected chi connectivity index (χ0v) is 19.9. The normalized spacial score (nSPS) is 10.8. The second-order valence-corrected chi connectivity index (χ2v) is 8.94. The number of hydrogen-bond donors (Lipinski definition) is 2. The number of hydrogen-bond acceptors (Lipinski definition) is 6. The topological polar surface area (TPSA) is 102 Å². The molecule has 0 fully saturated rings. The molecular formula is C25H24N4O4S. The van der Waals surface area contributed by atoms with E-state index in [0.717, 1.165) is 15.3 Å². The molecule has 34 heavy (non-hydrogen) atoms. The predicted octanol–water partition coefficient (Wildman–Crippen LogP) is 4.36. The quantitative estimate of drug-likeness (QED) is 0.413. The smallest absolute Gasteiger partial charge is 0.262 e. The van der Waals surface area contributed by atoms with Crippen LogP contribution in [-0.2, 0) is 11.3 Å². The van der Waals surface area contributed by atoms with Gasteiger partial charge in [-0.2, -0.15) is 0 Å². The number of rotatable bonds is 7. The molecule has 2 amide bonds. The van der Waals surface area contributed by atoms with E-state index in [9.17, 15) is 14.4 Å². The third kappa shape index (κ3) is 4.84. The molecule has 2 aromatic heterocycles. The summed E-state index contributed by atoms with van der Waals surface area (Å²) in [6.45, 7) is 4.10. The number of carbonyl (C=O) groups is 2. The summed E-state index contributed by atoms with van der Waals surface area (Å²) in [5.41, 5.74) is 2.37. The van der Waals surface area contributed by atoms with Crippen LogP contribution in [0.25, 0.3) is 10.2 Å². The maximum absolute atomic E-state index is 12.8. The van der Waals surface area contributed by atoms with Crippen molar-refractivity contribution in [3.8, 4) is 5.75 Å². The monoisotopic (exact) mass is 476 g/mol. The molecule has 4 rings (SSSR count). The van der Waals surface area contributed by atoms with Crippen molar-refractivity contribution in [1.29, 1.82) is 0 Å². The molecule has 0 atom stereocenters. The van der Waals surface area contributed by atoms with Crippen molar-refractivity contribution in [2.75, 3.05) is 17.7 Å². The Morgan fingerprint density at radius 2 is 1.79 bits per heavy atom. The van der Waals surface area contributed by atoms with Crippen molar-refractivity contribution in [1.82, 2.24) is 9.55 Å². The predicted molar refractivity (Wildman–Crippen MR) is 134 cm³/mol. The van der Waals surface area contributed by atoms with E-state index in [1.54, 1.807) is 36.4 Å². The van der Waals surface area contributed by atoms with Crippen molar-refractivity contribution < 1.29 is 14.3 Å². The van der Waals surface area contributed by atoms with Crippen molar-refractivity contribution in [3.63, 3.8) is 0 Å². The minimum atomic E-state index is -0.288. The number of nitrogens with zero attached hydrogens (tertiary/aromatic N) is 2. The summed E-state index contributed by atoms with van der Waals surface area (Å²) in [6.07, 6.45) is 1.60. The second kappa shape index (κ2) is 9.88. The highest BCUT2D eigenvalue weighted by Gasteiger charge is 2.13. The Labute approximate surface area is 200 Å². The van der Waals surface area contributed by atoms with Crippen LogP contribution < -0.4 is 20.9 Å². The molecule has 0 saturated carbocycles. The molecule has 2 heterocycles. The third-order valence-corrected chi connectivity index (χ3v) is 6.64. The molecular weight excluding hydrogens is 452 g/mol. The van der Waals surface area contributed by atoms with Crippen LogP contribution in [0.15, 0.2) is 59.7 Å². The fraction of sp³-hybridized carbons (Fsp3) is 0.200. The number of fused-ring (bicyclic) bond motifs is 1. The first-order chi connectivity index (χ1) is 16.4. The molecule has 0 unspecified atom stereocenters. The minimum Gasteiger partial charge on any atom is -0.495 e. The zero-order chi connectivity index (χ0) is 24.2. The number of nitrogens with one attached hydrogen (secondary N) is 2. The lowest BCUT2D eigenvalue weighted by atomic mass is 10.2.